The van der Waals surface area contributed by atoms with Crippen LogP contribution in [0.2, 0.25) is 10.0 Å². The third kappa shape index (κ3) is 3.93. The number of carbonyl (C=O) groups excluding carboxylic acids is 1. The van der Waals surface area contributed by atoms with E-state index in [1.807, 2.05) is 17.2 Å². The summed E-state index contributed by atoms with van der Waals surface area (Å²) in [4.78, 5) is 15.6. The SMILES string of the molecule is CSc1cc(C(=O)N2CCC3(CCNC3)CC2)c(Cl)cc1Cl.Cl. The molecule has 3 nitrogen and oxygen atoms in total. The summed E-state index contributed by atoms with van der Waals surface area (Å²) in [5.74, 6) is 0.0257. The minimum absolute atomic E-state index is 0. The number of rotatable bonds is 2. The zero-order valence-electron chi connectivity index (χ0n) is 13.0. The monoisotopic (exact) mass is 394 g/mol. The smallest absolute Gasteiger partial charge is 0.255 e. The number of likely N-dealkylation sites (tertiary alicyclic amines) is 1. The van der Waals surface area contributed by atoms with Crippen molar-refractivity contribution < 1.29 is 4.79 Å². The summed E-state index contributed by atoms with van der Waals surface area (Å²) >= 11 is 13.9. The minimum atomic E-state index is 0. The van der Waals surface area contributed by atoms with Crippen molar-refractivity contribution in [2.75, 3.05) is 32.4 Å². The number of nitrogens with one attached hydrogen (secondary N) is 1. The fourth-order valence-electron chi connectivity index (χ4n) is 3.43. The molecule has 0 radical (unpaired) electrons. The Morgan fingerprint density at radius 1 is 1.22 bits per heavy atom. The van der Waals surface area contributed by atoms with Crippen LogP contribution in [0.15, 0.2) is 17.0 Å². The first-order valence-corrected chi connectivity index (χ1v) is 9.56. The second-order valence-corrected chi connectivity index (χ2v) is 7.85. The second-order valence-electron chi connectivity index (χ2n) is 6.19. The molecule has 0 aromatic heterocycles. The van der Waals surface area contributed by atoms with E-state index in [9.17, 15) is 4.79 Å². The first-order chi connectivity index (χ1) is 10.5. The zero-order chi connectivity index (χ0) is 15.7. The van der Waals surface area contributed by atoms with E-state index >= 15 is 0 Å². The normalized spacial score (nSPS) is 19.7. The highest BCUT2D eigenvalue weighted by Crippen LogP contribution is 2.38. The van der Waals surface area contributed by atoms with E-state index in [0.717, 1.165) is 43.9 Å². The molecule has 0 saturated carbocycles. The Morgan fingerprint density at radius 2 is 1.91 bits per heavy atom. The van der Waals surface area contributed by atoms with E-state index in [-0.39, 0.29) is 18.3 Å². The molecular formula is C16H21Cl3N2OS. The van der Waals surface area contributed by atoms with Crippen molar-refractivity contribution in [2.24, 2.45) is 5.41 Å². The molecule has 2 aliphatic heterocycles. The van der Waals surface area contributed by atoms with Crippen molar-refractivity contribution in [1.82, 2.24) is 10.2 Å². The van der Waals surface area contributed by atoms with Crippen molar-refractivity contribution >= 4 is 53.3 Å². The standard InChI is InChI=1S/C16H20Cl2N2OS.ClH/c1-22-14-8-11(12(17)9-13(14)18)15(21)20-6-3-16(4-7-20)2-5-19-10-16;/h8-9,19H,2-7,10H2,1H3;1H. The predicted octanol–water partition coefficient (Wildman–Crippen LogP) is 4.35. The molecule has 2 aliphatic rings. The lowest BCUT2D eigenvalue weighted by atomic mass is 9.78. The summed E-state index contributed by atoms with van der Waals surface area (Å²) in [6, 6.07) is 3.49. The van der Waals surface area contributed by atoms with E-state index in [4.69, 9.17) is 23.2 Å². The molecule has 3 rings (SSSR count). The maximum absolute atomic E-state index is 12.8. The summed E-state index contributed by atoms with van der Waals surface area (Å²) in [6.45, 7) is 3.82. The van der Waals surface area contributed by atoms with E-state index in [1.54, 1.807) is 6.07 Å². The van der Waals surface area contributed by atoms with Gasteiger partial charge in [-0.3, -0.25) is 4.79 Å². The number of thioether (sulfide) groups is 1. The number of amides is 1. The molecule has 0 bridgehead atoms. The van der Waals surface area contributed by atoms with Crippen molar-refractivity contribution in [1.29, 1.82) is 0 Å². The molecule has 128 valence electrons. The molecule has 1 N–H and O–H groups in total. The van der Waals surface area contributed by atoms with Crippen LogP contribution in [0, 0.1) is 5.41 Å². The molecule has 2 saturated heterocycles. The number of halogens is 3. The zero-order valence-corrected chi connectivity index (χ0v) is 16.2. The average molecular weight is 396 g/mol. The Labute approximate surface area is 157 Å². The molecule has 1 aromatic carbocycles. The summed E-state index contributed by atoms with van der Waals surface area (Å²) in [6.07, 6.45) is 5.33. The Morgan fingerprint density at radius 3 is 2.48 bits per heavy atom. The topological polar surface area (TPSA) is 32.3 Å². The van der Waals surface area contributed by atoms with E-state index in [2.05, 4.69) is 5.32 Å². The molecular weight excluding hydrogens is 375 g/mol. The molecule has 0 unspecified atom stereocenters. The fraction of sp³-hybridized carbons (Fsp3) is 0.562. The van der Waals surface area contributed by atoms with Crippen LogP contribution in [0.5, 0.6) is 0 Å². The van der Waals surface area contributed by atoms with Gasteiger partial charge in [0.1, 0.15) is 0 Å². The van der Waals surface area contributed by atoms with Gasteiger partial charge in [0.15, 0.2) is 0 Å². The van der Waals surface area contributed by atoms with Crippen LogP contribution < -0.4 is 5.32 Å². The number of benzene rings is 1. The van der Waals surface area contributed by atoms with Crippen molar-refractivity contribution in [2.45, 2.75) is 24.2 Å². The average Bonchev–Trinajstić information content (AvgIpc) is 2.96. The van der Waals surface area contributed by atoms with Crippen LogP contribution in [0.25, 0.3) is 0 Å². The first kappa shape index (κ1) is 19.2. The van der Waals surface area contributed by atoms with Gasteiger partial charge in [-0.1, -0.05) is 23.2 Å². The van der Waals surface area contributed by atoms with Gasteiger partial charge in [-0.15, -0.1) is 24.2 Å². The number of hydrogen-bond donors (Lipinski definition) is 1. The van der Waals surface area contributed by atoms with E-state index in [0.29, 0.717) is 21.0 Å². The van der Waals surface area contributed by atoms with Crippen LogP contribution in [-0.2, 0) is 0 Å². The summed E-state index contributed by atoms with van der Waals surface area (Å²) in [7, 11) is 0. The summed E-state index contributed by atoms with van der Waals surface area (Å²) < 4.78 is 0. The molecule has 1 spiro atoms. The van der Waals surface area contributed by atoms with E-state index < -0.39 is 0 Å². The highest BCUT2D eigenvalue weighted by atomic mass is 35.5. The molecule has 1 aromatic rings. The van der Waals surface area contributed by atoms with Crippen molar-refractivity contribution in [3.8, 4) is 0 Å². The van der Waals surface area contributed by atoms with Gasteiger partial charge in [0.2, 0.25) is 0 Å². The third-order valence-electron chi connectivity index (χ3n) is 4.92. The Kier molecular flexibility index (Phi) is 6.54. The summed E-state index contributed by atoms with van der Waals surface area (Å²) in [5, 5.41) is 4.49. The number of nitrogens with zero attached hydrogens (tertiary/aromatic N) is 1. The lowest BCUT2D eigenvalue weighted by Gasteiger charge is -2.39. The quantitative estimate of drug-likeness (QED) is 0.755. The van der Waals surface area contributed by atoms with Crippen molar-refractivity contribution in [3.05, 3.63) is 27.7 Å². The van der Waals surface area contributed by atoms with Gasteiger partial charge in [0.25, 0.3) is 5.91 Å². The van der Waals surface area contributed by atoms with Gasteiger partial charge >= 0.3 is 0 Å². The maximum atomic E-state index is 12.8. The number of carbonyl (C=O) groups is 1. The molecule has 7 heteroatoms. The second kappa shape index (κ2) is 7.83. The Bertz CT molecular complexity index is 581. The molecule has 2 fully saturated rings. The largest absolute Gasteiger partial charge is 0.339 e. The maximum Gasteiger partial charge on any atom is 0.255 e. The van der Waals surface area contributed by atoms with Crippen LogP contribution in [0.4, 0.5) is 0 Å². The van der Waals surface area contributed by atoms with E-state index in [1.165, 1.54) is 18.2 Å². The Balaban J connectivity index is 0.00000192. The minimum Gasteiger partial charge on any atom is -0.339 e. The van der Waals surface area contributed by atoms with Gasteiger partial charge < -0.3 is 10.2 Å². The lowest BCUT2D eigenvalue weighted by Crippen LogP contribution is -2.44. The van der Waals surface area contributed by atoms with Crippen LogP contribution in [0.3, 0.4) is 0 Å². The highest BCUT2D eigenvalue weighted by Gasteiger charge is 2.38. The van der Waals surface area contributed by atoms with Crippen LogP contribution in [-0.4, -0.2) is 43.2 Å². The van der Waals surface area contributed by atoms with Gasteiger partial charge in [-0.25, -0.2) is 0 Å². The summed E-state index contributed by atoms with van der Waals surface area (Å²) in [5.41, 5.74) is 0.973. The van der Waals surface area contributed by atoms with Gasteiger partial charge in [-0.05, 0) is 49.6 Å². The molecule has 23 heavy (non-hydrogen) atoms. The van der Waals surface area contributed by atoms with Gasteiger partial charge in [0, 0.05) is 24.5 Å². The molecule has 1 amide bonds. The number of hydrogen-bond acceptors (Lipinski definition) is 3. The van der Waals surface area contributed by atoms with Crippen LogP contribution >= 0.6 is 47.4 Å². The third-order valence-corrected chi connectivity index (χ3v) is 6.43. The fourth-order valence-corrected chi connectivity index (χ4v) is 4.61. The highest BCUT2D eigenvalue weighted by molar-refractivity contribution is 7.98. The van der Waals surface area contributed by atoms with Crippen molar-refractivity contribution in [3.63, 3.8) is 0 Å². The van der Waals surface area contributed by atoms with Crippen LogP contribution in [0.1, 0.15) is 29.6 Å². The predicted molar refractivity (Wildman–Crippen MR) is 101 cm³/mol. The first-order valence-electron chi connectivity index (χ1n) is 7.58. The lowest BCUT2D eigenvalue weighted by molar-refractivity contribution is 0.0607. The molecule has 0 aliphatic carbocycles. The molecule has 0 atom stereocenters. The number of piperidine rings is 1. The Hall–Kier alpha value is -0.130. The van der Waals surface area contributed by atoms with Gasteiger partial charge in [0.05, 0.1) is 15.6 Å². The van der Waals surface area contributed by atoms with Gasteiger partial charge in [-0.2, -0.15) is 0 Å². The molecule has 2 heterocycles.